The molecule has 1 heterocycles. The predicted octanol–water partition coefficient (Wildman–Crippen LogP) is 3.67. The van der Waals surface area contributed by atoms with Crippen LogP contribution in [0.5, 0.6) is 11.5 Å². The summed E-state index contributed by atoms with van der Waals surface area (Å²) in [6.45, 7) is 7.99. The van der Waals surface area contributed by atoms with E-state index in [0.29, 0.717) is 23.0 Å². The Bertz CT molecular complexity index is 887. The molecule has 2 rings (SSSR count). The van der Waals surface area contributed by atoms with Crippen molar-refractivity contribution < 1.29 is 19.1 Å². The maximum atomic E-state index is 12.1. The van der Waals surface area contributed by atoms with E-state index in [1.54, 1.807) is 37.5 Å². The highest BCUT2D eigenvalue weighted by Gasteiger charge is 2.12. The summed E-state index contributed by atoms with van der Waals surface area (Å²) in [5, 5.41) is 0. The molecule has 0 unspecified atom stereocenters. The van der Waals surface area contributed by atoms with Gasteiger partial charge in [0, 0.05) is 11.0 Å². The fraction of sp³-hybridized carbons (Fsp3) is 0.238. The van der Waals surface area contributed by atoms with E-state index in [9.17, 15) is 9.59 Å². The van der Waals surface area contributed by atoms with Crippen LogP contribution in [0, 0.1) is 6.92 Å². The highest BCUT2D eigenvalue weighted by Crippen LogP contribution is 2.28. The highest BCUT2D eigenvalue weighted by atomic mass is 32.1. The van der Waals surface area contributed by atoms with Gasteiger partial charge in [-0.25, -0.2) is 0 Å². The van der Waals surface area contributed by atoms with Crippen LogP contribution in [0.1, 0.15) is 32.6 Å². The summed E-state index contributed by atoms with van der Waals surface area (Å²) in [5.74, 6) is 0.370. The second-order valence-electron chi connectivity index (χ2n) is 5.86. The quantitative estimate of drug-likeness (QED) is 0.403. The minimum Gasteiger partial charge on any atom is -0.493 e. The van der Waals surface area contributed by atoms with Crippen LogP contribution < -0.4 is 20.3 Å². The smallest absolute Gasteiger partial charge is 0.279 e. The van der Waals surface area contributed by atoms with E-state index in [4.69, 9.17) is 9.47 Å². The van der Waals surface area contributed by atoms with Crippen molar-refractivity contribution in [1.29, 1.82) is 0 Å². The number of hydrogen-bond donors (Lipinski definition) is 2. The summed E-state index contributed by atoms with van der Waals surface area (Å²) in [6, 6.07) is 7.13. The van der Waals surface area contributed by atoms with Crippen molar-refractivity contribution in [3.05, 3.63) is 63.9 Å². The number of amides is 2. The maximum Gasteiger partial charge on any atom is 0.279 e. The SMILES string of the molecule is C=CCOc1ccc(/C=C/C(=O)NNC(=O)c2cc(C)c(CC)s2)cc1OC. The van der Waals surface area contributed by atoms with Crippen LogP contribution >= 0.6 is 11.3 Å². The standard InChI is InChI=1S/C21H24N2O4S/c1-5-11-27-16-9-7-15(13-17(16)26-4)8-10-20(24)22-23-21(25)19-12-14(3)18(6-2)28-19/h5,7-10,12-13H,1,6,11H2,2-4H3,(H,22,24)(H,23,25)/b10-8+. The van der Waals surface area contributed by atoms with Crippen molar-refractivity contribution in [3.63, 3.8) is 0 Å². The molecule has 0 aliphatic heterocycles. The number of hydrogen-bond acceptors (Lipinski definition) is 5. The minimum absolute atomic E-state index is 0.333. The first kappa shape index (κ1) is 21.2. The summed E-state index contributed by atoms with van der Waals surface area (Å²) >= 11 is 1.43. The molecule has 28 heavy (non-hydrogen) atoms. The Labute approximate surface area is 168 Å². The monoisotopic (exact) mass is 400 g/mol. The summed E-state index contributed by atoms with van der Waals surface area (Å²) < 4.78 is 10.8. The molecule has 1 aromatic heterocycles. The van der Waals surface area contributed by atoms with Gasteiger partial charge >= 0.3 is 0 Å². The van der Waals surface area contributed by atoms with Gasteiger partial charge in [0.1, 0.15) is 6.61 Å². The first-order valence-corrected chi connectivity index (χ1v) is 9.59. The lowest BCUT2D eigenvalue weighted by atomic mass is 10.2. The average Bonchev–Trinajstić information content (AvgIpc) is 3.09. The van der Waals surface area contributed by atoms with E-state index in [-0.39, 0.29) is 5.91 Å². The second-order valence-corrected chi connectivity index (χ2v) is 6.99. The molecule has 0 saturated heterocycles. The number of thiophene rings is 1. The molecule has 0 bridgehead atoms. The largest absolute Gasteiger partial charge is 0.493 e. The zero-order valence-electron chi connectivity index (χ0n) is 16.2. The number of rotatable bonds is 8. The predicted molar refractivity (Wildman–Crippen MR) is 112 cm³/mol. The Morgan fingerprint density at radius 3 is 2.64 bits per heavy atom. The fourth-order valence-electron chi connectivity index (χ4n) is 2.43. The third kappa shape index (κ3) is 5.72. The fourth-order valence-corrected chi connectivity index (χ4v) is 3.44. The normalized spacial score (nSPS) is 10.5. The molecule has 2 N–H and O–H groups in total. The second kappa shape index (κ2) is 10.3. The molecule has 0 atom stereocenters. The van der Waals surface area contributed by atoms with E-state index in [1.165, 1.54) is 17.4 Å². The molecule has 0 fully saturated rings. The van der Waals surface area contributed by atoms with Crippen molar-refractivity contribution in [3.8, 4) is 11.5 Å². The number of hydrazine groups is 1. The van der Waals surface area contributed by atoms with Crippen LogP contribution in [-0.4, -0.2) is 25.5 Å². The van der Waals surface area contributed by atoms with Crippen LogP contribution in [0.3, 0.4) is 0 Å². The van der Waals surface area contributed by atoms with E-state index < -0.39 is 5.91 Å². The van der Waals surface area contributed by atoms with Gasteiger partial charge in [-0.1, -0.05) is 25.6 Å². The van der Waals surface area contributed by atoms with Gasteiger partial charge in [0.2, 0.25) is 0 Å². The zero-order valence-corrected chi connectivity index (χ0v) is 17.0. The van der Waals surface area contributed by atoms with Crippen molar-refractivity contribution in [2.24, 2.45) is 0 Å². The Morgan fingerprint density at radius 2 is 2.00 bits per heavy atom. The topological polar surface area (TPSA) is 76.7 Å². The third-order valence-electron chi connectivity index (χ3n) is 3.84. The van der Waals surface area contributed by atoms with Crippen LogP contribution in [-0.2, 0) is 11.2 Å². The van der Waals surface area contributed by atoms with E-state index >= 15 is 0 Å². The summed E-state index contributed by atoms with van der Waals surface area (Å²) in [7, 11) is 1.54. The molecule has 148 valence electrons. The molecule has 0 radical (unpaired) electrons. The average molecular weight is 401 g/mol. The molecule has 0 aliphatic rings. The number of aryl methyl sites for hydroxylation is 2. The van der Waals surface area contributed by atoms with Gasteiger partial charge in [-0.3, -0.25) is 20.4 Å². The van der Waals surface area contributed by atoms with Gasteiger partial charge in [0.15, 0.2) is 11.5 Å². The van der Waals surface area contributed by atoms with Gasteiger partial charge in [-0.05, 0) is 48.7 Å². The maximum absolute atomic E-state index is 12.1. The molecule has 6 nitrogen and oxygen atoms in total. The van der Waals surface area contributed by atoms with Crippen LogP contribution in [0.4, 0.5) is 0 Å². The molecule has 1 aromatic carbocycles. The summed E-state index contributed by atoms with van der Waals surface area (Å²) in [6.07, 6.45) is 5.47. The first-order valence-electron chi connectivity index (χ1n) is 8.77. The Kier molecular flexibility index (Phi) is 7.83. The molecule has 2 amide bonds. The molecule has 0 spiro atoms. The van der Waals surface area contributed by atoms with Crippen molar-refractivity contribution >= 4 is 29.2 Å². The Balaban J connectivity index is 1.93. The lowest BCUT2D eigenvalue weighted by Crippen LogP contribution is -2.40. The number of carbonyl (C=O) groups excluding carboxylic acids is 2. The molecule has 7 heteroatoms. The van der Waals surface area contributed by atoms with Gasteiger partial charge in [-0.2, -0.15) is 0 Å². The number of ether oxygens (including phenoxy) is 2. The van der Waals surface area contributed by atoms with Crippen LogP contribution in [0.2, 0.25) is 0 Å². The zero-order chi connectivity index (χ0) is 20.5. The Hall–Kier alpha value is -3.06. The lowest BCUT2D eigenvalue weighted by Gasteiger charge is -2.09. The van der Waals surface area contributed by atoms with Gasteiger partial charge in [0.25, 0.3) is 11.8 Å². The first-order chi connectivity index (χ1) is 13.5. The van der Waals surface area contributed by atoms with Crippen LogP contribution in [0.25, 0.3) is 6.08 Å². The van der Waals surface area contributed by atoms with Crippen molar-refractivity contribution in [2.45, 2.75) is 20.3 Å². The molecule has 0 saturated carbocycles. The number of carbonyl (C=O) groups is 2. The lowest BCUT2D eigenvalue weighted by molar-refractivity contribution is -0.117. The summed E-state index contributed by atoms with van der Waals surface area (Å²) in [5.41, 5.74) is 6.64. The van der Waals surface area contributed by atoms with E-state index in [0.717, 1.165) is 22.4 Å². The minimum atomic E-state index is -0.441. The molecular formula is C21H24N2O4S. The van der Waals surface area contributed by atoms with Crippen molar-refractivity contribution in [1.82, 2.24) is 10.9 Å². The van der Waals surface area contributed by atoms with Gasteiger partial charge < -0.3 is 9.47 Å². The van der Waals surface area contributed by atoms with Crippen LogP contribution in [0.15, 0.2) is 43.0 Å². The number of benzene rings is 1. The number of methoxy groups -OCH3 is 1. The number of nitrogens with one attached hydrogen (secondary N) is 2. The van der Waals surface area contributed by atoms with E-state index in [1.807, 2.05) is 19.9 Å². The third-order valence-corrected chi connectivity index (χ3v) is 5.22. The molecule has 0 aliphatic carbocycles. The van der Waals surface area contributed by atoms with E-state index in [2.05, 4.69) is 17.4 Å². The van der Waals surface area contributed by atoms with Crippen molar-refractivity contribution in [2.75, 3.05) is 13.7 Å². The summed E-state index contributed by atoms with van der Waals surface area (Å²) in [4.78, 5) is 25.8. The molecular weight excluding hydrogens is 376 g/mol. The highest BCUT2D eigenvalue weighted by molar-refractivity contribution is 7.14. The molecule has 2 aromatic rings. The van der Waals surface area contributed by atoms with Gasteiger partial charge in [-0.15, -0.1) is 11.3 Å². The Morgan fingerprint density at radius 1 is 1.21 bits per heavy atom. The van der Waals surface area contributed by atoms with Gasteiger partial charge in [0.05, 0.1) is 12.0 Å².